The number of primary amides is 1. The molecular formula is C19H26N2O5. The van der Waals surface area contributed by atoms with Crippen LogP contribution in [-0.4, -0.2) is 16.8 Å². The largest absolute Gasteiger partial charge is 0.460 e. The molecule has 1 aromatic rings. The Morgan fingerprint density at radius 3 is 2.35 bits per heavy atom. The number of nitro benzene ring substituents is 1. The lowest BCUT2D eigenvalue weighted by Gasteiger charge is -2.36. The fourth-order valence-electron chi connectivity index (χ4n) is 3.47. The average molecular weight is 362 g/mol. The van der Waals surface area contributed by atoms with E-state index in [1.807, 2.05) is 0 Å². The molecule has 0 radical (unpaired) electrons. The molecule has 2 N–H and O–H groups in total. The van der Waals surface area contributed by atoms with Crippen molar-refractivity contribution in [1.82, 2.24) is 0 Å². The van der Waals surface area contributed by atoms with Crippen LogP contribution in [0.4, 0.5) is 5.69 Å². The van der Waals surface area contributed by atoms with E-state index in [-0.39, 0.29) is 40.7 Å². The van der Waals surface area contributed by atoms with E-state index in [4.69, 9.17) is 10.5 Å². The summed E-state index contributed by atoms with van der Waals surface area (Å²) in [5, 5.41) is 11.2. The summed E-state index contributed by atoms with van der Waals surface area (Å²) in [7, 11) is 0. The third kappa shape index (κ3) is 4.80. The third-order valence-corrected chi connectivity index (χ3v) is 5.22. The van der Waals surface area contributed by atoms with E-state index < -0.39 is 10.8 Å². The van der Waals surface area contributed by atoms with Gasteiger partial charge >= 0.3 is 5.97 Å². The highest BCUT2D eigenvalue weighted by molar-refractivity contribution is 5.93. The van der Waals surface area contributed by atoms with Gasteiger partial charge in [0.15, 0.2) is 0 Å². The highest BCUT2D eigenvalue weighted by Gasteiger charge is 2.33. The molecule has 7 nitrogen and oxygen atoms in total. The highest BCUT2D eigenvalue weighted by Crippen LogP contribution is 2.40. The Balaban J connectivity index is 1.98. The SMILES string of the molecule is CC(C)(C)C1CCC(C(=O)OCc2ccc(C(N)=O)cc2[N+](=O)[O-])CC1. The first-order valence-corrected chi connectivity index (χ1v) is 8.83. The minimum Gasteiger partial charge on any atom is -0.460 e. The van der Waals surface area contributed by atoms with Crippen molar-refractivity contribution >= 4 is 17.6 Å². The molecular weight excluding hydrogens is 336 g/mol. The summed E-state index contributed by atoms with van der Waals surface area (Å²) in [6, 6.07) is 3.91. The van der Waals surface area contributed by atoms with Crippen LogP contribution < -0.4 is 5.73 Å². The van der Waals surface area contributed by atoms with E-state index in [9.17, 15) is 19.7 Å². The first-order chi connectivity index (χ1) is 12.1. The van der Waals surface area contributed by atoms with Crippen LogP contribution in [0.5, 0.6) is 0 Å². The Hall–Kier alpha value is -2.44. The lowest BCUT2D eigenvalue weighted by Crippen LogP contribution is -2.29. The number of ether oxygens (including phenoxy) is 1. The minimum absolute atomic E-state index is 0.0484. The summed E-state index contributed by atoms with van der Waals surface area (Å²) < 4.78 is 5.32. The van der Waals surface area contributed by atoms with E-state index in [1.54, 1.807) is 0 Å². The summed E-state index contributed by atoms with van der Waals surface area (Å²) >= 11 is 0. The Kier molecular flexibility index (Phi) is 6.00. The Morgan fingerprint density at radius 1 is 1.23 bits per heavy atom. The molecule has 0 saturated heterocycles. The van der Waals surface area contributed by atoms with Crippen molar-refractivity contribution in [3.05, 3.63) is 39.4 Å². The molecule has 0 aromatic heterocycles. The van der Waals surface area contributed by atoms with Crippen LogP contribution in [0.15, 0.2) is 18.2 Å². The van der Waals surface area contributed by atoms with Crippen molar-refractivity contribution in [1.29, 1.82) is 0 Å². The van der Waals surface area contributed by atoms with Gasteiger partial charge in [0.25, 0.3) is 5.69 Å². The van der Waals surface area contributed by atoms with Crippen molar-refractivity contribution in [2.24, 2.45) is 23.0 Å². The van der Waals surface area contributed by atoms with Crippen LogP contribution in [0.25, 0.3) is 0 Å². The summed E-state index contributed by atoms with van der Waals surface area (Å²) in [5.74, 6) is -0.621. The third-order valence-electron chi connectivity index (χ3n) is 5.22. The van der Waals surface area contributed by atoms with Gasteiger partial charge in [0, 0.05) is 11.6 Å². The molecule has 0 aliphatic heterocycles. The number of nitro groups is 1. The van der Waals surface area contributed by atoms with Gasteiger partial charge in [-0.3, -0.25) is 19.7 Å². The normalized spacial score (nSPS) is 20.4. The molecule has 1 aromatic carbocycles. The van der Waals surface area contributed by atoms with Gasteiger partial charge in [0.1, 0.15) is 6.61 Å². The van der Waals surface area contributed by atoms with Gasteiger partial charge in [0.2, 0.25) is 5.91 Å². The van der Waals surface area contributed by atoms with Gasteiger partial charge in [-0.25, -0.2) is 0 Å². The van der Waals surface area contributed by atoms with Gasteiger partial charge in [0.05, 0.1) is 16.4 Å². The van der Waals surface area contributed by atoms with Gasteiger partial charge in [-0.15, -0.1) is 0 Å². The number of hydrogen-bond acceptors (Lipinski definition) is 5. The standard InChI is InChI=1S/C19H26N2O5/c1-19(2,3)15-8-6-12(7-9-15)18(23)26-11-14-5-4-13(17(20)22)10-16(14)21(24)25/h4-5,10,12,15H,6-9,11H2,1-3H3,(H2,20,22). The molecule has 1 fully saturated rings. The predicted molar refractivity (Wildman–Crippen MR) is 96.3 cm³/mol. The van der Waals surface area contributed by atoms with Crippen molar-refractivity contribution in [2.45, 2.75) is 53.1 Å². The summed E-state index contributed by atoms with van der Waals surface area (Å²) in [6.07, 6.45) is 3.53. The zero-order chi connectivity index (χ0) is 19.5. The number of amides is 1. The van der Waals surface area contributed by atoms with Crippen molar-refractivity contribution in [3.8, 4) is 0 Å². The average Bonchev–Trinajstić information content (AvgIpc) is 2.58. The molecule has 0 unspecified atom stereocenters. The molecule has 1 saturated carbocycles. The van der Waals surface area contributed by atoms with E-state index in [2.05, 4.69) is 20.8 Å². The second-order valence-corrected chi connectivity index (χ2v) is 7.99. The molecule has 0 atom stereocenters. The molecule has 26 heavy (non-hydrogen) atoms. The minimum atomic E-state index is -0.743. The van der Waals surface area contributed by atoms with Gasteiger partial charge < -0.3 is 10.5 Å². The molecule has 0 spiro atoms. The second kappa shape index (κ2) is 7.85. The van der Waals surface area contributed by atoms with E-state index in [0.717, 1.165) is 31.7 Å². The number of nitrogens with two attached hydrogens (primary N) is 1. The van der Waals surface area contributed by atoms with Crippen molar-refractivity contribution < 1.29 is 19.2 Å². The number of rotatable bonds is 5. The van der Waals surface area contributed by atoms with Gasteiger partial charge in [-0.05, 0) is 49.1 Å². The van der Waals surface area contributed by atoms with Crippen LogP contribution in [0, 0.1) is 27.4 Å². The van der Waals surface area contributed by atoms with Crippen LogP contribution in [0.1, 0.15) is 62.4 Å². The summed E-state index contributed by atoms with van der Waals surface area (Å²) in [5.41, 5.74) is 5.40. The highest BCUT2D eigenvalue weighted by atomic mass is 16.6. The van der Waals surface area contributed by atoms with E-state index in [0.29, 0.717) is 5.92 Å². The molecule has 1 amide bonds. The van der Waals surface area contributed by atoms with Crippen molar-refractivity contribution in [3.63, 3.8) is 0 Å². The quantitative estimate of drug-likeness (QED) is 0.488. The van der Waals surface area contributed by atoms with Crippen LogP contribution >= 0.6 is 0 Å². The van der Waals surface area contributed by atoms with E-state index in [1.165, 1.54) is 12.1 Å². The molecule has 1 aliphatic rings. The Morgan fingerprint density at radius 2 is 1.85 bits per heavy atom. The molecule has 0 heterocycles. The van der Waals surface area contributed by atoms with Crippen molar-refractivity contribution in [2.75, 3.05) is 0 Å². The number of carbonyl (C=O) groups excluding carboxylic acids is 2. The maximum absolute atomic E-state index is 12.3. The zero-order valence-corrected chi connectivity index (χ0v) is 15.5. The fourth-order valence-corrected chi connectivity index (χ4v) is 3.47. The number of hydrogen-bond donors (Lipinski definition) is 1. The monoisotopic (exact) mass is 362 g/mol. The Bertz CT molecular complexity index is 700. The number of benzene rings is 1. The number of carbonyl (C=O) groups is 2. The lowest BCUT2D eigenvalue weighted by molar-refractivity contribution is -0.385. The molecule has 0 bridgehead atoms. The number of esters is 1. The molecule has 2 rings (SSSR count). The van der Waals surface area contributed by atoms with Crippen LogP contribution in [-0.2, 0) is 16.1 Å². The summed E-state index contributed by atoms with van der Waals surface area (Å²) in [6.45, 7) is 6.45. The summed E-state index contributed by atoms with van der Waals surface area (Å²) in [4.78, 5) is 34.1. The van der Waals surface area contributed by atoms with Gasteiger partial charge in [-0.1, -0.05) is 20.8 Å². The van der Waals surface area contributed by atoms with Crippen LogP contribution in [0.2, 0.25) is 0 Å². The predicted octanol–water partition coefficient (Wildman–Crippen LogP) is 3.59. The fraction of sp³-hybridized carbons (Fsp3) is 0.579. The lowest BCUT2D eigenvalue weighted by atomic mass is 9.70. The van der Waals surface area contributed by atoms with Crippen LogP contribution in [0.3, 0.4) is 0 Å². The molecule has 1 aliphatic carbocycles. The van der Waals surface area contributed by atoms with Gasteiger partial charge in [-0.2, -0.15) is 0 Å². The number of nitrogens with zero attached hydrogens (tertiary/aromatic N) is 1. The zero-order valence-electron chi connectivity index (χ0n) is 15.5. The first-order valence-electron chi connectivity index (χ1n) is 8.83. The topological polar surface area (TPSA) is 113 Å². The first kappa shape index (κ1) is 19.9. The van der Waals surface area contributed by atoms with E-state index >= 15 is 0 Å². The maximum atomic E-state index is 12.3. The second-order valence-electron chi connectivity index (χ2n) is 7.99. The molecule has 142 valence electrons. The molecule has 7 heteroatoms. The maximum Gasteiger partial charge on any atom is 0.309 e. The Labute approximate surface area is 153 Å². The smallest absolute Gasteiger partial charge is 0.309 e.